The van der Waals surface area contributed by atoms with Gasteiger partial charge < -0.3 is 14.2 Å². The minimum Gasteiger partial charge on any atom is -0.326 e. The standard InChI is InChI=1S/C16H22O3/c1-2-4-15-8-10-5-9-6-12-13(11(15)3-1)17-14(18-15)19-16(10,12)7-9/h9-14H,1-8H2. The third-order valence-electron chi connectivity index (χ3n) is 7.47. The maximum Gasteiger partial charge on any atom is 0.273 e. The van der Waals surface area contributed by atoms with Crippen LogP contribution in [0.2, 0.25) is 0 Å². The van der Waals surface area contributed by atoms with Crippen molar-refractivity contribution in [3.05, 3.63) is 0 Å². The fraction of sp³-hybridized carbons (Fsp3) is 1.00. The van der Waals surface area contributed by atoms with Crippen molar-refractivity contribution in [1.29, 1.82) is 0 Å². The monoisotopic (exact) mass is 262 g/mol. The molecule has 0 aromatic carbocycles. The number of hydrogen-bond donors (Lipinski definition) is 0. The van der Waals surface area contributed by atoms with Crippen LogP contribution in [0.15, 0.2) is 0 Å². The molecule has 2 spiro atoms. The molecule has 3 heteroatoms. The molecule has 4 saturated carbocycles. The molecule has 4 aliphatic carbocycles. The molecule has 7 rings (SSSR count). The number of hydrogen-bond acceptors (Lipinski definition) is 3. The summed E-state index contributed by atoms with van der Waals surface area (Å²) in [6, 6.07) is 0. The summed E-state index contributed by atoms with van der Waals surface area (Å²) in [6.45, 7) is -0.336. The Kier molecular flexibility index (Phi) is 1.70. The van der Waals surface area contributed by atoms with Gasteiger partial charge in [-0.3, -0.25) is 0 Å². The predicted molar refractivity (Wildman–Crippen MR) is 67.2 cm³/mol. The summed E-state index contributed by atoms with van der Waals surface area (Å²) >= 11 is 0. The Morgan fingerprint density at radius 2 is 1.95 bits per heavy atom. The van der Waals surface area contributed by atoms with Gasteiger partial charge in [-0.15, -0.1) is 0 Å². The number of fused-ring (bicyclic) bond motifs is 1. The summed E-state index contributed by atoms with van der Waals surface area (Å²) in [5.41, 5.74) is 0.269. The SMILES string of the molecule is C1CCC23CC4CC5CC6C(OC(O2)OC46C5)C3C1. The molecule has 5 bridgehead atoms. The average molecular weight is 262 g/mol. The van der Waals surface area contributed by atoms with Crippen LogP contribution in [0.1, 0.15) is 51.4 Å². The normalized spacial score (nSPS) is 68.2. The van der Waals surface area contributed by atoms with Gasteiger partial charge in [-0.25, -0.2) is 0 Å². The van der Waals surface area contributed by atoms with Crippen molar-refractivity contribution in [2.45, 2.75) is 75.1 Å². The van der Waals surface area contributed by atoms with Crippen molar-refractivity contribution in [3.8, 4) is 0 Å². The molecule has 0 radical (unpaired) electrons. The summed E-state index contributed by atoms with van der Waals surface area (Å²) in [6.07, 6.45) is 11.0. The fourth-order valence-corrected chi connectivity index (χ4v) is 7.01. The van der Waals surface area contributed by atoms with Crippen LogP contribution in [0.25, 0.3) is 0 Å². The molecule has 7 aliphatic rings. The highest BCUT2D eigenvalue weighted by atomic mass is 16.9. The van der Waals surface area contributed by atoms with Crippen molar-refractivity contribution >= 4 is 0 Å². The van der Waals surface area contributed by atoms with Crippen LogP contribution < -0.4 is 0 Å². The minimum atomic E-state index is -0.336. The smallest absolute Gasteiger partial charge is 0.273 e. The largest absolute Gasteiger partial charge is 0.326 e. The lowest BCUT2D eigenvalue weighted by atomic mass is 9.69. The van der Waals surface area contributed by atoms with Gasteiger partial charge in [0.25, 0.3) is 6.48 Å². The van der Waals surface area contributed by atoms with E-state index in [9.17, 15) is 0 Å². The van der Waals surface area contributed by atoms with E-state index in [1.54, 1.807) is 0 Å². The van der Waals surface area contributed by atoms with Gasteiger partial charge in [0.2, 0.25) is 0 Å². The van der Waals surface area contributed by atoms with Crippen LogP contribution in [0.5, 0.6) is 0 Å². The molecule has 8 unspecified atom stereocenters. The second kappa shape index (κ2) is 3.05. The molecule has 0 amide bonds. The van der Waals surface area contributed by atoms with Gasteiger partial charge in [-0.2, -0.15) is 0 Å². The van der Waals surface area contributed by atoms with Crippen molar-refractivity contribution < 1.29 is 14.2 Å². The van der Waals surface area contributed by atoms with Gasteiger partial charge in [-0.05, 0) is 50.4 Å². The third-order valence-corrected chi connectivity index (χ3v) is 7.47. The predicted octanol–water partition coefficient (Wildman–Crippen LogP) is 2.83. The Hall–Kier alpha value is -0.120. The van der Waals surface area contributed by atoms with Gasteiger partial charge in [0, 0.05) is 11.8 Å². The van der Waals surface area contributed by atoms with Crippen molar-refractivity contribution in [3.63, 3.8) is 0 Å². The van der Waals surface area contributed by atoms with E-state index in [1.807, 2.05) is 0 Å². The van der Waals surface area contributed by atoms with E-state index in [4.69, 9.17) is 14.2 Å². The van der Waals surface area contributed by atoms with Crippen LogP contribution >= 0.6 is 0 Å². The molecule has 0 aromatic rings. The zero-order chi connectivity index (χ0) is 12.2. The summed E-state index contributed by atoms with van der Waals surface area (Å²) < 4.78 is 19.0. The lowest BCUT2D eigenvalue weighted by molar-refractivity contribution is -0.449. The van der Waals surface area contributed by atoms with Crippen LogP contribution in [0, 0.1) is 23.7 Å². The maximum atomic E-state index is 6.41. The van der Waals surface area contributed by atoms with E-state index in [1.165, 1.54) is 51.4 Å². The Bertz CT molecular complexity index is 451. The van der Waals surface area contributed by atoms with E-state index < -0.39 is 0 Å². The molecule has 7 fully saturated rings. The highest BCUT2D eigenvalue weighted by molar-refractivity contribution is 5.20. The molecule has 104 valence electrons. The summed E-state index contributed by atoms with van der Waals surface area (Å²) in [7, 11) is 0. The first-order valence-corrected chi connectivity index (χ1v) is 8.30. The van der Waals surface area contributed by atoms with Crippen molar-refractivity contribution in [2.75, 3.05) is 0 Å². The number of ether oxygens (including phenoxy) is 3. The molecule has 3 heterocycles. The van der Waals surface area contributed by atoms with Gasteiger partial charge in [-0.1, -0.05) is 12.8 Å². The molecular weight excluding hydrogens is 240 g/mol. The van der Waals surface area contributed by atoms with Gasteiger partial charge in [0.1, 0.15) is 0 Å². The molecule has 0 N–H and O–H groups in total. The zero-order valence-electron chi connectivity index (χ0n) is 11.3. The van der Waals surface area contributed by atoms with Crippen molar-refractivity contribution in [1.82, 2.24) is 0 Å². The van der Waals surface area contributed by atoms with E-state index >= 15 is 0 Å². The zero-order valence-corrected chi connectivity index (χ0v) is 11.3. The first-order chi connectivity index (χ1) is 9.29. The first-order valence-electron chi connectivity index (χ1n) is 8.30. The van der Waals surface area contributed by atoms with Gasteiger partial charge in [0.15, 0.2) is 0 Å². The highest BCUT2D eigenvalue weighted by Gasteiger charge is 2.73. The fourth-order valence-electron chi connectivity index (χ4n) is 7.01. The second-order valence-corrected chi connectivity index (χ2v) is 8.05. The molecule has 3 nitrogen and oxygen atoms in total. The van der Waals surface area contributed by atoms with Crippen molar-refractivity contribution in [2.24, 2.45) is 23.7 Å². The average Bonchev–Trinajstić information content (AvgIpc) is 2.88. The summed E-state index contributed by atoms with van der Waals surface area (Å²) in [5, 5.41) is 0. The molecular formula is C16H22O3. The Morgan fingerprint density at radius 3 is 2.95 bits per heavy atom. The first kappa shape index (κ1) is 10.6. The van der Waals surface area contributed by atoms with E-state index in [0.717, 1.165) is 11.8 Å². The second-order valence-electron chi connectivity index (χ2n) is 8.05. The molecule has 0 aromatic heterocycles. The summed E-state index contributed by atoms with van der Waals surface area (Å²) in [4.78, 5) is 0. The van der Waals surface area contributed by atoms with Gasteiger partial charge >= 0.3 is 0 Å². The summed E-state index contributed by atoms with van der Waals surface area (Å²) in [5.74, 6) is 3.01. The lowest BCUT2D eigenvalue weighted by Gasteiger charge is -2.56. The third kappa shape index (κ3) is 1.04. The maximum absolute atomic E-state index is 6.41. The van der Waals surface area contributed by atoms with Crippen LogP contribution in [0.4, 0.5) is 0 Å². The molecule has 8 atom stereocenters. The van der Waals surface area contributed by atoms with E-state index in [0.29, 0.717) is 17.9 Å². The minimum absolute atomic E-state index is 0.117. The van der Waals surface area contributed by atoms with Crippen LogP contribution in [0.3, 0.4) is 0 Å². The van der Waals surface area contributed by atoms with Gasteiger partial charge in [0.05, 0.1) is 17.3 Å². The number of rotatable bonds is 0. The quantitative estimate of drug-likeness (QED) is 0.672. The molecule has 3 aliphatic heterocycles. The molecule has 19 heavy (non-hydrogen) atoms. The van der Waals surface area contributed by atoms with E-state index in [2.05, 4.69) is 0 Å². The topological polar surface area (TPSA) is 27.7 Å². The lowest BCUT2D eigenvalue weighted by Crippen LogP contribution is -2.63. The van der Waals surface area contributed by atoms with Crippen LogP contribution in [-0.2, 0) is 14.2 Å². The van der Waals surface area contributed by atoms with E-state index in [-0.39, 0.29) is 17.7 Å². The molecule has 3 saturated heterocycles. The Morgan fingerprint density at radius 1 is 0.947 bits per heavy atom. The highest BCUT2D eigenvalue weighted by Crippen LogP contribution is 2.69. The Labute approximate surface area is 114 Å². The Balaban J connectivity index is 1.58. The van der Waals surface area contributed by atoms with Crippen LogP contribution in [-0.4, -0.2) is 23.8 Å².